The number of nitrogens with zero attached hydrogens (tertiary/aromatic N) is 4. The molecule has 13 heteroatoms. The zero-order valence-electron chi connectivity index (χ0n) is 27.4. The zero-order chi connectivity index (χ0) is 34.9. The number of carbonyl (C=O) groups is 2. The minimum atomic E-state index is -4.59. The number of hydrogen-bond acceptors (Lipinski definition) is 7. The lowest BCUT2D eigenvalue weighted by molar-refractivity contribution is -0.143. The van der Waals surface area contributed by atoms with Crippen molar-refractivity contribution in [3.8, 4) is 5.75 Å². The first-order valence-corrected chi connectivity index (χ1v) is 16.4. The largest absolute Gasteiger partial charge is 0.497 e. The number of rotatable bonds is 9. The molecule has 3 fully saturated rings. The van der Waals surface area contributed by atoms with Gasteiger partial charge < -0.3 is 29.3 Å². The van der Waals surface area contributed by atoms with Gasteiger partial charge in [0.25, 0.3) is 5.91 Å². The van der Waals surface area contributed by atoms with Gasteiger partial charge >= 0.3 is 12.1 Å². The molecule has 4 heterocycles. The van der Waals surface area contributed by atoms with Crippen molar-refractivity contribution < 1.29 is 41.7 Å². The van der Waals surface area contributed by atoms with Gasteiger partial charge in [-0.2, -0.15) is 13.2 Å². The number of carboxylic acids is 1. The number of alkyl halides is 4. The van der Waals surface area contributed by atoms with Gasteiger partial charge in [0, 0.05) is 69.5 Å². The van der Waals surface area contributed by atoms with Gasteiger partial charge in [0.1, 0.15) is 5.75 Å². The molecule has 0 aliphatic carbocycles. The van der Waals surface area contributed by atoms with Crippen molar-refractivity contribution in [3.05, 3.63) is 83.7 Å². The molecule has 3 saturated heterocycles. The van der Waals surface area contributed by atoms with Crippen molar-refractivity contribution in [3.63, 3.8) is 0 Å². The summed E-state index contributed by atoms with van der Waals surface area (Å²) in [5, 5.41) is 9.49. The summed E-state index contributed by atoms with van der Waals surface area (Å²) in [6.07, 6.45) is -0.736. The Morgan fingerprint density at radius 2 is 1.73 bits per heavy atom. The number of benzene rings is 2. The second-order valence-electron chi connectivity index (χ2n) is 13.2. The number of likely N-dealkylation sites (tertiary alicyclic amines) is 1. The standard InChI is InChI=1S/C36H40F4N4O5/c1-48-21-25-18-43(19-30(25)29-10-7-26(36(38,39)40)16-32(29)42-14-11-24(12-15-42)33(45)46)34(47)35(37)22-44(27-4-3-13-41-17-27)20-31(35)23-5-8-28(49-2)9-6-23/h3-10,13,16-17,24-25,30-31H,11-12,14-15,18-22H2,1-2H3,(H,45,46)/t25-,30+,31+,35+/m1/s1. The van der Waals surface area contributed by atoms with E-state index in [-0.39, 0.29) is 51.8 Å². The zero-order valence-corrected chi connectivity index (χ0v) is 27.4. The van der Waals surface area contributed by atoms with Crippen LogP contribution in [0.5, 0.6) is 5.75 Å². The first kappa shape index (κ1) is 34.5. The molecule has 262 valence electrons. The number of ether oxygens (including phenoxy) is 2. The molecule has 0 radical (unpaired) electrons. The third-order valence-corrected chi connectivity index (χ3v) is 10.3. The maximum Gasteiger partial charge on any atom is 0.416 e. The fourth-order valence-electron chi connectivity index (χ4n) is 7.69. The summed E-state index contributed by atoms with van der Waals surface area (Å²) in [4.78, 5) is 35.4. The van der Waals surface area contributed by atoms with Crippen LogP contribution in [0.3, 0.4) is 0 Å². The predicted octanol–water partition coefficient (Wildman–Crippen LogP) is 5.61. The Balaban J connectivity index is 1.33. The number of aliphatic carboxylic acids is 1. The summed E-state index contributed by atoms with van der Waals surface area (Å²) in [6, 6.07) is 14.2. The van der Waals surface area contributed by atoms with Crippen LogP contribution in [0.2, 0.25) is 0 Å². The van der Waals surface area contributed by atoms with Gasteiger partial charge in [0.05, 0.1) is 43.6 Å². The van der Waals surface area contributed by atoms with Crippen molar-refractivity contribution >= 4 is 23.3 Å². The Morgan fingerprint density at radius 1 is 1.00 bits per heavy atom. The molecule has 1 amide bonds. The van der Waals surface area contributed by atoms with Crippen molar-refractivity contribution in [1.82, 2.24) is 9.88 Å². The highest BCUT2D eigenvalue weighted by molar-refractivity contribution is 5.89. The van der Waals surface area contributed by atoms with E-state index in [1.807, 2.05) is 11.0 Å². The molecule has 3 aromatic rings. The number of methoxy groups -OCH3 is 2. The monoisotopic (exact) mass is 684 g/mol. The summed E-state index contributed by atoms with van der Waals surface area (Å²) >= 11 is 0. The minimum absolute atomic E-state index is 0.0880. The lowest BCUT2D eigenvalue weighted by atomic mass is 9.85. The molecule has 3 aliphatic rings. The van der Waals surface area contributed by atoms with E-state index in [4.69, 9.17) is 9.47 Å². The molecule has 4 atom stereocenters. The number of piperidine rings is 1. The van der Waals surface area contributed by atoms with Crippen molar-refractivity contribution in [1.29, 1.82) is 0 Å². The topological polar surface area (TPSA) is 95.4 Å². The fourth-order valence-corrected chi connectivity index (χ4v) is 7.69. The van der Waals surface area contributed by atoms with Gasteiger partial charge in [0.2, 0.25) is 5.67 Å². The normalized spacial score (nSPS) is 24.8. The van der Waals surface area contributed by atoms with Crippen LogP contribution in [-0.4, -0.2) is 92.6 Å². The van der Waals surface area contributed by atoms with Crippen LogP contribution < -0.4 is 14.5 Å². The van der Waals surface area contributed by atoms with E-state index < -0.39 is 47.0 Å². The molecule has 9 nitrogen and oxygen atoms in total. The van der Waals surface area contributed by atoms with E-state index in [9.17, 15) is 27.9 Å². The number of halogens is 4. The number of pyridine rings is 1. The van der Waals surface area contributed by atoms with Crippen molar-refractivity contribution in [2.45, 2.75) is 36.5 Å². The summed E-state index contributed by atoms with van der Waals surface area (Å²) in [6.45, 7) is 1.03. The van der Waals surface area contributed by atoms with Gasteiger partial charge in [-0.05, 0) is 60.4 Å². The van der Waals surface area contributed by atoms with E-state index >= 15 is 4.39 Å². The van der Waals surface area contributed by atoms with Crippen LogP contribution >= 0.6 is 0 Å². The van der Waals surface area contributed by atoms with Crippen LogP contribution in [0.25, 0.3) is 0 Å². The van der Waals surface area contributed by atoms with Gasteiger partial charge in [-0.15, -0.1) is 0 Å². The molecule has 6 rings (SSSR count). The highest BCUT2D eigenvalue weighted by Crippen LogP contribution is 2.46. The summed E-state index contributed by atoms with van der Waals surface area (Å²) in [7, 11) is 3.06. The minimum Gasteiger partial charge on any atom is -0.497 e. The number of carbonyl (C=O) groups excluding carboxylic acids is 1. The Morgan fingerprint density at radius 3 is 2.35 bits per heavy atom. The summed E-state index contributed by atoms with van der Waals surface area (Å²) < 4.78 is 70.3. The third kappa shape index (κ3) is 6.90. The second-order valence-corrected chi connectivity index (χ2v) is 13.2. The lowest BCUT2D eigenvalue weighted by Gasteiger charge is -2.35. The molecule has 1 N–H and O–H groups in total. The van der Waals surface area contributed by atoms with Gasteiger partial charge in [0.15, 0.2) is 0 Å². The Bertz CT molecular complexity index is 1630. The number of anilines is 2. The predicted molar refractivity (Wildman–Crippen MR) is 175 cm³/mol. The SMILES string of the molecule is COC[C@H]1CN(C(=O)[C@]2(F)CN(c3cccnc3)C[C@H]2c2ccc(OC)cc2)C[C@@H]1c1ccc(C(F)(F)F)cc1N1CCC(C(=O)O)CC1. The second kappa shape index (κ2) is 13.9. The third-order valence-electron chi connectivity index (χ3n) is 10.3. The molecular formula is C36H40F4N4O5. The van der Waals surface area contributed by atoms with E-state index in [2.05, 4.69) is 4.98 Å². The van der Waals surface area contributed by atoms with Gasteiger partial charge in [-0.25, -0.2) is 4.39 Å². The molecule has 0 spiro atoms. The quantitative estimate of drug-likeness (QED) is 0.291. The Labute approximate surface area is 282 Å². The molecule has 49 heavy (non-hydrogen) atoms. The molecule has 0 bridgehead atoms. The molecule has 3 aliphatic heterocycles. The first-order chi connectivity index (χ1) is 23.4. The van der Waals surface area contributed by atoms with E-state index in [1.54, 1.807) is 47.6 Å². The van der Waals surface area contributed by atoms with E-state index in [0.29, 0.717) is 41.1 Å². The summed E-state index contributed by atoms with van der Waals surface area (Å²) in [5.41, 5.74) is -0.852. The highest BCUT2D eigenvalue weighted by atomic mass is 19.4. The number of carboxylic acid groups (broad SMARTS) is 1. The van der Waals surface area contributed by atoms with Gasteiger partial charge in [-0.1, -0.05) is 18.2 Å². The molecule has 0 unspecified atom stereocenters. The van der Waals surface area contributed by atoms with E-state index in [1.165, 1.54) is 25.2 Å². The van der Waals surface area contributed by atoms with Crippen molar-refractivity contribution in [2.75, 3.05) is 69.9 Å². The molecule has 0 saturated carbocycles. The molecular weight excluding hydrogens is 644 g/mol. The smallest absolute Gasteiger partial charge is 0.416 e. The maximum atomic E-state index is 17.6. The maximum absolute atomic E-state index is 17.6. The Kier molecular flexibility index (Phi) is 9.74. The number of hydrogen-bond donors (Lipinski definition) is 1. The molecule has 1 aromatic heterocycles. The number of amides is 1. The number of aromatic nitrogens is 1. The lowest BCUT2D eigenvalue weighted by Crippen LogP contribution is -2.50. The van der Waals surface area contributed by atoms with Gasteiger partial charge in [-0.3, -0.25) is 14.6 Å². The van der Waals surface area contributed by atoms with Crippen LogP contribution in [0.4, 0.5) is 28.9 Å². The fraction of sp³-hybridized carbons (Fsp3) is 0.472. The van der Waals surface area contributed by atoms with Crippen LogP contribution in [0.1, 0.15) is 41.4 Å². The highest BCUT2D eigenvalue weighted by Gasteiger charge is 2.57. The Hall–Kier alpha value is -4.39. The van der Waals surface area contributed by atoms with E-state index in [0.717, 1.165) is 12.1 Å². The first-order valence-electron chi connectivity index (χ1n) is 16.4. The van der Waals surface area contributed by atoms with Crippen molar-refractivity contribution in [2.24, 2.45) is 11.8 Å². The summed E-state index contributed by atoms with van der Waals surface area (Å²) in [5.74, 6) is -3.15. The average molecular weight is 685 g/mol. The van der Waals surface area contributed by atoms with Crippen LogP contribution in [-0.2, 0) is 20.5 Å². The molecule has 2 aromatic carbocycles. The van der Waals surface area contributed by atoms with Crippen LogP contribution in [0, 0.1) is 11.8 Å². The van der Waals surface area contributed by atoms with Crippen LogP contribution in [0.15, 0.2) is 67.0 Å². The average Bonchev–Trinajstić information content (AvgIpc) is 3.69.